The second-order valence-electron chi connectivity index (χ2n) is 12.9. The average molecular weight is 654 g/mol. The second kappa shape index (κ2) is 11.7. The number of para-hydroxylation sites is 2. The molecule has 0 saturated heterocycles. The molecule has 10 rings (SSSR count). The molecule has 0 aliphatic heterocycles. The van der Waals surface area contributed by atoms with Crippen molar-refractivity contribution < 1.29 is 0 Å². The van der Waals surface area contributed by atoms with Gasteiger partial charge in [0.1, 0.15) is 0 Å². The first kappa shape index (κ1) is 28.8. The molecule has 0 N–H and O–H groups in total. The highest BCUT2D eigenvalue weighted by molar-refractivity contribution is 7.25. The Hall–Kier alpha value is -6.22. The predicted molar refractivity (Wildman–Crippen MR) is 215 cm³/mol. The fraction of sp³-hybridized carbons (Fsp3) is 0. The highest BCUT2D eigenvalue weighted by atomic mass is 32.1. The summed E-state index contributed by atoms with van der Waals surface area (Å²) in [4.78, 5) is 0. The van der Waals surface area contributed by atoms with Crippen LogP contribution in [0.4, 0.5) is 0 Å². The van der Waals surface area contributed by atoms with E-state index in [4.69, 9.17) is 0 Å². The Morgan fingerprint density at radius 3 is 1.62 bits per heavy atom. The summed E-state index contributed by atoms with van der Waals surface area (Å²) in [7, 11) is 0. The standard InChI is InChI=1S/C48H31NS/c1-3-13-32(14-4-1)36-28-37(33-15-5-2-6-16-33)30-38(29-36)34-17-11-18-35(27-34)40-21-12-22-43-41-19-7-9-23-45(41)49(48(40)43)39-25-26-47-44(31-39)42-20-8-10-24-46(42)50-47/h1-31H. The summed E-state index contributed by atoms with van der Waals surface area (Å²) in [6.45, 7) is 0. The van der Waals surface area contributed by atoms with E-state index in [1.165, 1.54) is 92.2 Å². The summed E-state index contributed by atoms with van der Waals surface area (Å²) in [5.41, 5.74) is 13.3. The van der Waals surface area contributed by atoms with Crippen LogP contribution in [0.3, 0.4) is 0 Å². The molecule has 0 aliphatic rings. The summed E-state index contributed by atoms with van der Waals surface area (Å²) in [6, 6.07) is 68.7. The van der Waals surface area contributed by atoms with Gasteiger partial charge in [-0.3, -0.25) is 0 Å². The van der Waals surface area contributed by atoms with Crippen LogP contribution in [0, 0.1) is 0 Å². The van der Waals surface area contributed by atoms with Crippen molar-refractivity contribution >= 4 is 53.3 Å². The SMILES string of the molecule is c1ccc(-c2cc(-c3ccccc3)cc(-c3cccc(-c4cccc5c6ccccc6n(-c6ccc7sc8ccccc8c7c6)c45)c3)c2)cc1. The number of fused-ring (bicyclic) bond motifs is 6. The van der Waals surface area contributed by atoms with Crippen molar-refractivity contribution in [2.45, 2.75) is 0 Å². The zero-order chi connectivity index (χ0) is 33.0. The lowest BCUT2D eigenvalue weighted by atomic mass is 9.92. The van der Waals surface area contributed by atoms with Crippen molar-refractivity contribution in [1.29, 1.82) is 0 Å². The monoisotopic (exact) mass is 653 g/mol. The van der Waals surface area contributed by atoms with Crippen molar-refractivity contribution in [1.82, 2.24) is 4.57 Å². The Bertz CT molecular complexity index is 2800. The van der Waals surface area contributed by atoms with E-state index in [1.54, 1.807) is 0 Å². The maximum Gasteiger partial charge on any atom is 0.0619 e. The Morgan fingerprint density at radius 1 is 0.320 bits per heavy atom. The summed E-state index contributed by atoms with van der Waals surface area (Å²) in [6.07, 6.45) is 0. The number of hydrogen-bond donors (Lipinski definition) is 0. The third-order valence-electron chi connectivity index (χ3n) is 9.97. The van der Waals surface area contributed by atoms with Gasteiger partial charge in [-0.15, -0.1) is 11.3 Å². The summed E-state index contributed by atoms with van der Waals surface area (Å²) in [5.74, 6) is 0. The van der Waals surface area contributed by atoms with Crippen molar-refractivity contribution in [3.05, 3.63) is 188 Å². The van der Waals surface area contributed by atoms with E-state index in [1.807, 2.05) is 11.3 Å². The van der Waals surface area contributed by atoms with Gasteiger partial charge in [0.05, 0.1) is 11.0 Å². The first-order chi connectivity index (χ1) is 24.8. The van der Waals surface area contributed by atoms with Gasteiger partial charge in [-0.05, 0) is 93.5 Å². The fourth-order valence-electron chi connectivity index (χ4n) is 7.63. The Kier molecular flexibility index (Phi) is 6.75. The second-order valence-corrected chi connectivity index (χ2v) is 14.0. The van der Waals surface area contributed by atoms with Gasteiger partial charge in [-0.25, -0.2) is 0 Å². The third-order valence-corrected chi connectivity index (χ3v) is 11.1. The van der Waals surface area contributed by atoms with Crippen LogP contribution in [0.2, 0.25) is 0 Å². The number of aromatic nitrogens is 1. The van der Waals surface area contributed by atoms with Crippen molar-refractivity contribution in [3.63, 3.8) is 0 Å². The zero-order valence-corrected chi connectivity index (χ0v) is 28.1. The molecule has 0 fully saturated rings. The molecule has 0 aliphatic carbocycles. The largest absolute Gasteiger partial charge is 0.309 e. The first-order valence-electron chi connectivity index (χ1n) is 17.1. The quantitative estimate of drug-likeness (QED) is 0.174. The van der Waals surface area contributed by atoms with E-state index in [0.29, 0.717) is 0 Å². The molecule has 2 heteroatoms. The van der Waals surface area contributed by atoms with Gasteiger partial charge in [0.25, 0.3) is 0 Å². The van der Waals surface area contributed by atoms with Crippen molar-refractivity contribution in [3.8, 4) is 50.2 Å². The fourth-order valence-corrected chi connectivity index (χ4v) is 8.71. The van der Waals surface area contributed by atoms with Crippen LogP contribution >= 0.6 is 11.3 Å². The topological polar surface area (TPSA) is 4.93 Å². The summed E-state index contributed by atoms with van der Waals surface area (Å²) >= 11 is 1.86. The summed E-state index contributed by atoms with van der Waals surface area (Å²) < 4.78 is 5.12. The number of rotatable bonds is 5. The molecular formula is C48H31NS. The number of thiophene rings is 1. The van der Waals surface area contributed by atoms with Gasteiger partial charge in [-0.1, -0.05) is 133 Å². The highest BCUT2D eigenvalue weighted by Crippen LogP contribution is 2.42. The maximum absolute atomic E-state index is 2.47. The van der Waals surface area contributed by atoms with Crippen LogP contribution in [0.1, 0.15) is 0 Å². The van der Waals surface area contributed by atoms with E-state index < -0.39 is 0 Å². The zero-order valence-electron chi connectivity index (χ0n) is 27.3. The number of nitrogens with zero attached hydrogens (tertiary/aromatic N) is 1. The highest BCUT2D eigenvalue weighted by Gasteiger charge is 2.18. The Balaban J connectivity index is 1.19. The molecule has 0 atom stereocenters. The van der Waals surface area contributed by atoms with E-state index in [9.17, 15) is 0 Å². The minimum Gasteiger partial charge on any atom is -0.309 e. The molecule has 0 spiro atoms. The van der Waals surface area contributed by atoms with Crippen LogP contribution in [-0.2, 0) is 0 Å². The molecule has 8 aromatic carbocycles. The molecule has 0 radical (unpaired) electrons. The van der Waals surface area contributed by atoms with Gasteiger partial charge in [-0.2, -0.15) is 0 Å². The van der Waals surface area contributed by atoms with E-state index in [2.05, 4.69) is 193 Å². The lowest BCUT2D eigenvalue weighted by Crippen LogP contribution is -1.95. The van der Waals surface area contributed by atoms with Crippen LogP contribution < -0.4 is 0 Å². The number of benzene rings is 8. The van der Waals surface area contributed by atoms with Crippen molar-refractivity contribution in [2.75, 3.05) is 0 Å². The van der Waals surface area contributed by atoms with Crippen LogP contribution in [0.5, 0.6) is 0 Å². The Morgan fingerprint density at radius 2 is 0.860 bits per heavy atom. The van der Waals surface area contributed by atoms with Gasteiger partial charge in [0.15, 0.2) is 0 Å². The van der Waals surface area contributed by atoms with Gasteiger partial charge in [0, 0.05) is 42.2 Å². The molecule has 234 valence electrons. The minimum atomic E-state index is 1.18. The maximum atomic E-state index is 2.47. The summed E-state index contributed by atoms with van der Waals surface area (Å²) in [5, 5.41) is 5.15. The van der Waals surface area contributed by atoms with Crippen LogP contribution in [0.15, 0.2) is 188 Å². The van der Waals surface area contributed by atoms with Crippen LogP contribution in [-0.4, -0.2) is 4.57 Å². The van der Waals surface area contributed by atoms with Crippen molar-refractivity contribution in [2.24, 2.45) is 0 Å². The van der Waals surface area contributed by atoms with Gasteiger partial charge < -0.3 is 4.57 Å². The average Bonchev–Trinajstić information content (AvgIpc) is 3.74. The normalized spacial score (nSPS) is 11.6. The van der Waals surface area contributed by atoms with Gasteiger partial charge >= 0.3 is 0 Å². The smallest absolute Gasteiger partial charge is 0.0619 e. The van der Waals surface area contributed by atoms with Crippen LogP contribution in [0.25, 0.3) is 92.2 Å². The molecule has 0 amide bonds. The third kappa shape index (κ3) is 4.76. The minimum absolute atomic E-state index is 1.18. The van der Waals surface area contributed by atoms with E-state index >= 15 is 0 Å². The molecule has 2 heterocycles. The molecular weight excluding hydrogens is 623 g/mol. The molecule has 2 aromatic heterocycles. The lowest BCUT2D eigenvalue weighted by molar-refractivity contribution is 1.19. The molecule has 0 bridgehead atoms. The molecule has 0 saturated carbocycles. The van der Waals surface area contributed by atoms with Gasteiger partial charge in [0.2, 0.25) is 0 Å². The predicted octanol–water partition coefficient (Wildman–Crippen LogP) is 13.8. The molecule has 10 aromatic rings. The number of hydrogen-bond acceptors (Lipinski definition) is 1. The first-order valence-corrected chi connectivity index (χ1v) is 17.9. The molecule has 0 unspecified atom stereocenters. The Labute approximate surface area is 295 Å². The molecule has 50 heavy (non-hydrogen) atoms. The van der Waals surface area contributed by atoms with E-state index in [-0.39, 0.29) is 0 Å². The lowest BCUT2D eigenvalue weighted by Gasteiger charge is -2.14. The van der Waals surface area contributed by atoms with E-state index in [0.717, 1.165) is 0 Å². The molecule has 1 nitrogen and oxygen atoms in total.